The Balaban J connectivity index is 1.87. The van der Waals surface area contributed by atoms with Crippen molar-refractivity contribution in [2.75, 3.05) is 6.54 Å². The number of phenols is 1. The SMILES string of the molecule is CC(NCC(C)C1CC1)c1ccccc1O. The standard InChI is InChI=1S/C14H21NO/c1-10(12-7-8-12)9-15-11(2)13-5-3-4-6-14(13)16/h3-6,10-12,15-16H,7-9H2,1-2H3. The summed E-state index contributed by atoms with van der Waals surface area (Å²) in [5, 5.41) is 13.2. The predicted octanol–water partition coefficient (Wildman–Crippen LogP) is 3.09. The molecule has 88 valence electrons. The summed E-state index contributed by atoms with van der Waals surface area (Å²) in [6.07, 6.45) is 2.79. The highest BCUT2D eigenvalue weighted by molar-refractivity contribution is 5.34. The van der Waals surface area contributed by atoms with E-state index < -0.39 is 0 Å². The van der Waals surface area contributed by atoms with Crippen molar-refractivity contribution in [2.45, 2.75) is 32.7 Å². The molecule has 0 bridgehead atoms. The molecule has 2 unspecified atom stereocenters. The molecule has 0 heterocycles. The minimum Gasteiger partial charge on any atom is -0.508 e. The van der Waals surface area contributed by atoms with E-state index in [4.69, 9.17) is 0 Å². The Labute approximate surface area is 97.7 Å². The Morgan fingerprint density at radius 2 is 2.00 bits per heavy atom. The van der Waals surface area contributed by atoms with Gasteiger partial charge in [0.1, 0.15) is 5.75 Å². The molecular weight excluding hydrogens is 198 g/mol. The van der Waals surface area contributed by atoms with Crippen LogP contribution in [0.15, 0.2) is 24.3 Å². The van der Waals surface area contributed by atoms with Crippen molar-refractivity contribution in [3.8, 4) is 5.75 Å². The highest BCUT2D eigenvalue weighted by atomic mass is 16.3. The van der Waals surface area contributed by atoms with Crippen molar-refractivity contribution < 1.29 is 5.11 Å². The van der Waals surface area contributed by atoms with Gasteiger partial charge in [-0.1, -0.05) is 25.1 Å². The molecule has 2 rings (SSSR count). The third kappa shape index (κ3) is 2.76. The van der Waals surface area contributed by atoms with E-state index in [0.717, 1.165) is 23.9 Å². The molecule has 0 spiro atoms. The summed E-state index contributed by atoms with van der Waals surface area (Å²) in [6, 6.07) is 7.78. The zero-order chi connectivity index (χ0) is 11.5. The number of benzene rings is 1. The van der Waals surface area contributed by atoms with E-state index in [1.54, 1.807) is 6.07 Å². The fourth-order valence-electron chi connectivity index (χ4n) is 2.16. The Hall–Kier alpha value is -1.02. The van der Waals surface area contributed by atoms with Crippen molar-refractivity contribution in [3.05, 3.63) is 29.8 Å². The Bertz CT molecular complexity index is 346. The van der Waals surface area contributed by atoms with Gasteiger partial charge in [-0.05, 0) is 44.2 Å². The summed E-state index contributed by atoms with van der Waals surface area (Å²) < 4.78 is 0. The second-order valence-electron chi connectivity index (χ2n) is 5.00. The summed E-state index contributed by atoms with van der Waals surface area (Å²) in [5.74, 6) is 2.08. The normalized spacial score (nSPS) is 19.4. The van der Waals surface area contributed by atoms with E-state index in [-0.39, 0.29) is 6.04 Å². The number of rotatable bonds is 5. The first-order valence-corrected chi connectivity index (χ1v) is 6.19. The van der Waals surface area contributed by atoms with Crippen molar-refractivity contribution in [2.24, 2.45) is 11.8 Å². The fraction of sp³-hybridized carbons (Fsp3) is 0.571. The van der Waals surface area contributed by atoms with Gasteiger partial charge in [-0.2, -0.15) is 0 Å². The van der Waals surface area contributed by atoms with Gasteiger partial charge in [-0.3, -0.25) is 0 Å². The number of hydrogen-bond acceptors (Lipinski definition) is 2. The topological polar surface area (TPSA) is 32.3 Å². The predicted molar refractivity (Wildman–Crippen MR) is 66.4 cm³/mol. The maximum absolute atomic E-state index is 9.73. The molecule has 0 aromatic heterocycles. The highest BCUT2D eigenvalue weighted by Gasteiger charge is 2.27. The van der Waals surface area contributed by atoms with Crippen molar-refractivity contribution in [1.82, 2.24) is 5.32 Å². The maximum atomic E-state index is 9.73. The Kier molecular flexibility index (Phi) is 3.49. The van der Waals surface area contributed by atoms with Crippen LogP contribution in [0.25, 0.3) is 0 Å². The largest absolute Gasteiger partial charge is 0.508 e. The zero-order valence-electron chi connectivity index (χ0n) is 10.1. The molecule has 1 aliphatic rings. The van der Waals surface area contributed by atoms with Crippen LogP contribution in [0.3, 0.4) is 0 Å². The van der Waals surface area contributed by atoms with E-state index in [9.17, 15) is 5.11 Å². The summed E-state index contributed by atoms with van der Waals surface area (Å²) >= 11 is 0. The van der Waals surface area contributed by atoms with E-state index in [0.29, 0.717) is 5.75 Å². The summed E-state index contributed by atoms with van der Waals surface area (Å²) in [6.45, 7) is 5.46. The summed E-state index contributed by atoms with van der Waals surface area (Å²) in [7, 11) is 0. The van der Waals surface area contributed by atoms with Crippen molar-refractivity contribution >= 4 is 0 Å². The van der Waals surface area contributed by atoms with E-state index in [2.05, 4.69) is 19.2 Å². The van der Waals surface area contributed by atoms with E-state index in [1.165, 1.54) is 12.8 Å². The van der Waals surface area contributed by atoms with Gasteiger partial charge in [0, 0.05) is 11.6 Å². The van der Waals surface area contributed by atoms with Crippen LogP contribution < -0.4 is 5.32 Å². The smallest absolute Gasteiger partial charge is 0.120 e. The van der Waals surface area contributed by atoms with Crippen LogP contribution in [-0.4, -0.2) is 11.7 Å². The van der Waals surface area contributed by atoms with E-state index in [1.807, 2.05) is 18.2 Å². The number of phenolic OH excluding ortho intramolecular Hbond substituents is 1. The highest BCUT2D eigenvalue weighted by Crippen LogP contribution is 2.36. The van der Waals surface area contributed by atoms with Gasteiger partial charge in [0.25, 0.3) is 0 Å². The molecule has 16 heavy (non-hydrogen) atoms. The third-order valence-electron chi connectivity index (χ3n) is 3.58. The van der Waals surface area contributed by atoms with Crippen LogP contribution >= 0.6 is 0 Å². The van der Waals surface area contributed by atoms with Crippen molar-refractivity contribution in [1.29, 1.82) is 0 Å². The van der Waals surface area contributed by atoms with Crippen LogP contribution in [-0.2, 0) is 0 Å². The van der Waals surface area contributed by atoms with Gasteiger partial charge in [-0.25, -0.2) is 0 Å². The average molecular weight is 219 g/mol. The first kappa shape index (κ1) is 11.5. The van der Waals surface area contributed by atoms with Crippen LogP contribution in [0.4, 0.5) is 0 Å². The van der Waals surface area contributed by atoms with Gasteiger partial charge in [0.05, 0.1) is 0 Å². The lowest BCUT2D eigenvalue weighted by Gasteiger charge is -2.18. The minimum absolute atomic E-state index is 0.224. The minimum atomic E-state index is 0.224. The van der Waals surface area contributed by atoms with Crippen LogP contribution in [0.2, 0.25) is 0 Å². The maximum Gasteiger partial charge on any atom is 0.120 e. The molecule has 2 heteroatoms. The molecule has 2 N–H and O–H groups in total. The molecule has 1 aromatic rings. The van der Waals surface area contributed by atoms with Gasteiger partial charge < -0.3 is 10.4 Å². The molecule has 1 aliphatic carbocycles. The fourth-order valence-corrected chi connectivity index (χ4v) is 2.16. The second kappa shape index (κ2) is 4.88. The summed E-state index contributed by atoms with van der Waals surface area (Å²) in [4.78, 5) is 0. The van der Waals surface area contributed by atoms with Crippen LogP contribution in [0, 0.1) is 11.8 Å². The lowest BCUT2D eigenvalue weighted by molar-refractivity contribution is 0.416. The van der Waals surface area contributed by atoms with Crippen LogP contribution in [0.1, 0.15) is 38.3 Å². The first-order chi connectivity index (χ1) is 7.68. The first-order valence-electron chi connectivity index (χ1n) is 6.19. The molecule has 0 radical (unpaired) electrons. The molecule has 0 amide bonds. The third-order valence-corrected chi connectivity index (χ3v) is 3.58. The zero-order valence-corrected chi connectivity index (χ0v) is 10.1. The van der Waals surface area contributed by atoms with Crippen LogP contribution in [0.5, 0.6) is 5.75 Å². The monoisotopic (exact) mass is 219 g/mol. The van der Waals surface area contributed by atoms with Crippen molar-refractivity contribution in [3.63, 3.8) is 0 Å². The Morgan fingerprint density at radius 3 is 2.62 bits per heavy atom. The number of hydrogen-bond donors (Lipinski definition) is 2. The molecular formula is C14H21NO. The Morgan fingerprint density at radius 1 is 1.31 bits per heavy atom. The molecule has 2 atom stereocenters. The molecule has 1 fully saturated rings. The molecule has 1 saturated carbocycles. The molecule has 0 aliphatic heterocycles. The molecule has 0 saturated heterocycles. The van der Waals surface area contributed by atoms with Gasteiger partial charge in [-0.15, -0.1) is 0 Å². The average Bonchev–Trinajstić information content (AvgIpc) is 3.10. The number of aromatic hydroxyl groups is 1. The van der Waals surface area contributed by atoms with E-state index >= 15 is 0 Å². The number of para-hydroxylation sites is 1. The molecule has 2 nitrogen and oxygen atoms in total. The van der Waals surface area contributed by atoms with Gasteiger partial charge in [0.15, 0.2) is 0 Å². The number of nitrogens with one attached hydrogen (secondary N) is 1. The second-order valence-corrected chi connectivity index (χ2v) is 5.00. The lowest BCUT2D eigenvalue weighted by Crippen LogP contribution is -2.25. The van der Waals surface area contributed by atoms with Gasteiger partial charge in [0.2, 0.25) is 0 Å². The quantitative estimate of drug-likeness (QED) is 0.797. The summed E-state index contributed by atoms with van der Waals surface area (Å²) in [5.41, 5.74) is 0.991. The molecule has 1 aromatic carbocycles. The lowest BCUT2D eigenvalue weighted by atomic mass is 10.0. The van der Waals surface area contributed by atoms with Gasteiger partial charge >= 0.3 is 0 Å².